The second-order valence-electron chi connectivity index (χ2n) is 5.54. The topological polar surface area (TPSA) is 35.2 Å². The SMILES string of the molecule is NC1(Cc2ccc(F)c(Br)c2)CCOC1C1CC1. The van der Waals surface area contributed by atoms with Crippen LogP contribution in [-0.2, 0) is 11.2 Å². The number of hydrogen-bond acceptors (Lipinski definition) is 2. The highest BCUT2D eigenvalue weighted by Crippen LogP contribution is 2.43. The lowest BCUT2D eigenvalue weighted by molar-refractivity contribution is 0.0626. The van der Waals surface area contributed by atoms with Gasteiger partial charge in [-0.1, -0.05) is 6.07 Å². The maximum absolute atomic E-state index is 13.2. The lowest BCUT2D eigenvalue weighted by atomic mass is 9.83. The first kappa shape index (κ1) is 12.6. The van der Waals surface area contributed by atoms with Crippen molar-refractivity contribution in [2.75, 3.05) is 6.61 Å². The Hall–Kier alpha value is -0.450. The Bertz CT molecular complexity index is 463. The summed E-state index contributed by atoms with van der Waals surface area (Å²) in [4.78, 5) is 0. The van der Waals surface area contributed by atoms with Gasteiger partial charge in [-0.3, -0.25) is 0 Å². The Morgan fingerprint density at radius 3 is 2.89 bits per heavy atom. The van der Waals surface area contributed by atoms with Crippen LogP contribution in [0.4, 0.5) is 4.39 Å². The quantitative estimate of drug-likeness (QED) is 0.931. The van der Waals surface area contributed by atoms with E-state index in [0.29, 0.717) is 10.4 Å². The van der Waals surface area contributed by atoms with E-state index in [4.69, 9.17) is 10.5 Å². The molecule has 1 saturated carbocycles. The second kappa shape index (κ2) is 4.58. The predicted octanol–water partition coefficient (Wildman–Crippen LogP) is 3.03. The highest BCUT2D eigenvalue weighted by molar-refractivity contribution is 9.10. The van der Waals surface area contributed by atoms with Gasteiger partial charge in [-0.2, -0.15) is 0 Å². The van der Waals surface area contributed by atoms with Crippen LogP contribution < -0.4 is 5.73 Å². The van der Waals surface area contributed by atoms with Gasteiger partial charge in [-0.15, -0.1) is 0 Å². The number of hydrogen-bond donors (Lipinski definition) is 1. The Morgan fingerprint density at radius 2 is 2.22 bits per heavy atom. The van der Waals surface area contributed by atoms with Gasteiger partial charge in [0.2, 0.25) is 0 Å². The van der Waals surface area contributed by atoms with Crippen LogP contribution in [0.15, 0.2) is 22.7 Å². The van der Waals surface area contributed by atoms with E-state index < -0.39 is 0 Å². The van der Waals surface area contributed by atoms with Gasteiger partial charge < -0.3 is 10.5 Å². The number of halogens is 2. The molecule has 2 nitrogen and oxygen atoms in total. The first-order valence-corrected chi connectivity index (χ1v) is 7.22. The fourth-order valence-electron chi connectivity index (χ4n) is 2.91. The van der Waals surface area contributed by atoms with Gasteiger partial charge in [0.25, 0.3) is 0 Å². The second-order valence-corrected chi connectivity index (χ2v) is 6.39. The molecule has 18 heavy (non-hydrogen) atoms. The molecule has 98 valence electrons. The Labute approximate surface area is 115 Å². The van der Waals surface area contributed by atoms with Crippen molar-refractivity contribution < 1.29 is 9.13 Å². The normalized spacial score (nSPS) is 31.8. The highest BCUT2D eigenvalue weighted by atomic mass is 79.9. The maximum Gasteiger partial charge on any atom is 0.137 e. The summed E-state index contributed by atoms with van der Waals surface area (Å²) in [7, 11) is 0. The van der Waals surface area contributed by atoms with Gasteiger partial charge in [0.15, 0.2) is 0 Å². The van der Waals surface area contributed by atoms with E-state index >= 15 is 0 Å². The zero-order valence-electron chi connectivity index (χ0n) is 10.2. The van der Waals surface area contributed by atoms with Crippen molar-refractivity contribution in [1.29, 1.82) is 0 Å². The van der Waals surface area contributed by atoms with Gasteiger partial charge >= 0.3 is 0 Å². The summed E-state index contributed by atoms with van der Waals surface area (Å²) < 4.78 is 19.5. The van der Waals surface area contributed by atoms with Crippen molar-refractivity contribution in [3.8, 4) is 0 Å². The lowest BCUT2D eigenvalue weighted by Gasteiger charge is -2.30. The average molecular weight is 314 g/mol. The third kappa shape index (κ3) is 2.33. The van der Waals surface area contributed by atoms with Crippen LogP contribution in [0, 0.1) is 11.7 Å². The molecule has 2 fully saturated rings. The molecule has 2 unspecified atom stereocenters. The van der Waals surface area contributed by atoms with Crippen LogP contribution >= 0.6 is 15.9 Å². The van der Waals surface area contributed by atoms with E-state index in [-0.39, 0.29) is 17.5 Å². The molecule has 0 spiro atoms. The Balaban J connectivity index is 1.79. The lowest BCUT2D eigenvalue weighted by Crippen LogP contribution is -2.50. The average Bonchev–Trinajstić information content (AvgIpc) is 3.08. The first-order chi connectivity index (χ1) is 8.58. The van der Waals surface area contributed by atoms with Gasteiger partial charge in [-0.05, 0) is 65.2 Å². The molecule has 1 saturated heterocycles. The third-order valence-electron chi connectivity index (χ3n) is 4.00. The monoisotopic (exact) mass is 313 g/mol. The molecule has 2 atom stereocenters. The molecule has 0 bridgehead atoms. The highest BCUT2D eigenvalue weighted by Gasteiger charge is 2.48. The van der Waals surface area contributed by atoms with E-state index in [1.54, 1.807) is 0 Å². The number of rotatable bonds is 3. The molecule has 2 N–H and O–H groups in total. The molecule has 1 aliphatic carbocycles. The summed E-state index contributed by atoms with van der Waals surface area (Å²) in [5.41, 5.74) is 7.32. The Morgan fingerprint density at radius 1 is 1.44 bits per heavy atom. The summed E-state index contributed by atoms with van der Waals surface area (Å²) in [6.45, 7) is 0.750. The van der Waals surface area contributed by atoms with Crippen molar-refractivity contribution in [2.24, 2.45) is 11.7 Å². The molecule has 0 aromatic heterocycles. The number of ether oxygens (including phenoxy) is 1. The Kier molecular flexibility index (Phi) is 3.20. The van der Waals surface area contributed by atoms with Crippen molar-refractivity contribution >= 4 is 15.9 Å². The zero-order chi connectivity index (χ0) is 12.8. The molecular formula is C14H17BrFNO. The van der Waals surface area contributed by atoms with E-state index in [1.165, 1.54) is 18.9 Å². The third-order valence-corrected chi connectivity index (χ3v) is 4.61. The first-order valence-electron chi connectivity index (χ1n) is 6.43. The van der Waals surface area contributed by atoms with Gasteiger partial charge in [0, 0.05) is 12.1 Å². The van der Waals surface area contributed by atoms with Crippen molar-refractivity contribution in [1.82, 2.24) is 0 Å². The predicted molar refractivity (Wildman–Crippen MR) is 71.8 cm³/mol. The van der Waals surface area contributed by atoms with Crippen LogP contribution in [-0.4, -0.2) is 18.2 Å². The fraction of sp³-hybridized carbons (Fsp3) is 0.571. The minimum Gasteiger partial charge on any atom is -0.376 e. The summed E-state index contributed by atoms with van der Waals surface area (Å²) >= 11 is 3.22. The van der Waals surface area contributed by atoms with Crippen LogP contribution in [0.1, 0.15) is 24.8 Å². The van der Waals surface area contributed by atoms with Crippen LogP contribution in [0.3, 0.4) is 0 Å². The smallest absolute Gasteiger partial charge is 0.137 e. The summed E-state index contributed by atoms with van der Waals surface area (Å²) in [5.74, 6) is 0.410. The molecular weight excluding hydrogens is 297 g/mol. The fourth-order valence-corrected chi connectivity index (χ4v) is 3.33. The van der Waals surface area contributed by atoms with Gasteiger partial charge in [0.05, 0.1) is 10.6 Å². The minimum absolute atomic E-state index is 0.182. The van der Waals surface area contributed by atoms with Gasteiger partial charge in [0.1, 0.15) is 5.82 Å². The standard InChI is InChI=1S/C14H17BrFNO/c15-11-7-9(1-4-12(11)16)8-14(17)5-6-18-13(14)10-2-3-10/h1,4,7,10,13H,2-3,5-6,8,17H2. The van der Waals surface area contributed by atoms with Crippen LogP contribution in [0.25, 0.3) is 0 Å². The molecule has 1 heterocycles. The van der Waals surface area contributed by atoms with Crippen molar-refractivity contribution in [3.05, 3.63) is 34.1 Å². The van der Waals surface area contributed by atoms with Crippen molar-refractivity contribution in [3.63, 3.8) is 0 Å². The molecule has 1 aliphatic heterocycles. The van der Waals surface area contributed by atoms with Crippen molar-refractivity contribution in [2.45, 2.75) is 37.3 Å². The molecule has 4 heteroatoms. The zero-order valence-corrected chi connectivity index (χ0v) is 11.7. The number of benzene rings is 1. The maximum atomic E-state index is 13.2. The van der Waals surface area contributed by atoms with E-state index in [2.05, 4.69) is 15.9 Å². The van der Waals surface area contributed by atoms with E-state index in [0.717, 1.165) is 25.0 Å². The molecule has 0 radical (unpaired) electrons. The molecule has 2 aliphatic rings. The number of nitrogens with two attached hydrogens (primary N) is 1. The molecule has 1 aromatic carbocycles. The molecule has 3 rings (SSSR count). The molecule has 0 amide bonds. The minimum atomic E-state index is -0.279. The van der Waals surface area contributed by atoms with Gasteiger partial charge in [-0.25, -0.2) is 4.39 Å². The summed E-state index contributed by atoms with van der Waals surface area (Å²) in [6, 6.07) is 5.13. The summed E-state index contributed by atoms with van der Waals surface area (Å²) in [5, 5.41) is 0. The van der Waals surface area contributed by atoms with E-state index in [9.17, 15) is 4.39 Å². The van der Waals surface area contributed by atoms with E-state index in [1.807, 2.05) is 12.1 Å². The largest absolute Gasteiger partial charge is 0.376 e. The van der Waals surface area contributed by atoms with Crippen LogP contribution in [0.2, 0.25) is 0 Å². The molecule has 1 aromatic rings. The summed E-state index contributed by atoms with van der Waals surface area (Å²) in [6.07, 6.45) is 4.30. The van der Waals surface area contributed by atoms with Crippen LogP contribution in [0.5, 0.6) is 0 Å².